The molecule has 0 spiro atoms. The molecular formula is C20H26N4O2. The molecule has 0 aliphatic carbocycles. The van der Waals surface area contributed by atoms with E-state index in [0.717, 1.165) is 56.3 Å². The van der Waals surface area contributed by atoms with Crippen LogP contribution >= 0.6 is 0 Å². The number of fused-ring (bicyclic) bond motifs is 1. The van der Waals surface area contributed by atoms with Crippen LogP contribution in [0.2, 0.25) is 0 Å². The van der Waals surface area contributed by atoms with Crippen molar-refractivity contribution < 1.29 is 9.53 Å². The molecule has 138 valence electrons. The predicted molar refractivity (Wildman–Crippen MR) is 98.4 cm³/mol. The third-order valence-electron chi connectivity index (χ3n) is 5.60. The van der Waals surface area contributed by atoms with Crippen LogP contribution in [0.1, 0.15) is 60.0 Å². The third kappa shape index (κ3) is 3.32. The Bertz CT molecular complexity index is 778. The fraction of sp³-hybridized carbons (Fsp3) is 0.550. The minimum Gasteiger partial charge on any atom is -0.497 e. The average Bonchev–Trinajstić information content (AvgIpc) is 2.95. The van der Waals surface area contributed by atoms with Crippen LogP contribution in [0, 0.1) is 0 Å². The van der Waals surface area contributed by atoms with Gasteiger partial charge in [-0.3, -0.25) is 4.79 Å². The van der Waals surface area contributed by atoms with Crippen LogP contribution in [-0.2, 0) is 13.0 Å². The molecule has 2 aromatic rings. The second-order valence-electron chi connectivity index (χ2n) is 7.24. The third-order valence-corrected chi connectivity index (χ3v) is 5.60. The van der Waals surface area contributed by atoms with E-state index in [2.05, 4.69) is 14.8 Å². The van der Waals surface area contributed by atoms with Crippen molar-refractivity contribution >= 4 is 5.91 Å². The average molecular weight is 354 g/mol. The first kappa shape index (κ1) is 17.1. The molecule has 1 saturated heterocycles. The van der Waals surface area contributed by atoms with Crippen LogP contribution in [0.25, 0.3) is 0 Å². The van der Waals surface area contributed by atoms with Crippen LogP contribution in [-0.4, -0.2) is 45.8 Å². The highest BCUT2D eigenvalue weighted by Gasteiger charge is 2.29. The first-order valence-corrected chi connectivity index (χ1v) is 9.61. The number of likely N-dealkylation sites (tertiary alicyclic amines) is 1. The Morgan fingerprint density at radius 2 is 1.96 bits per heavy atom. The maximum atomic E-state index is 12.8. The summed E-state index contributed by atoms with van der Waals surface area (Å²) in [7, 11) is 1.62. The standard InChI is InChI=1S/C20H26N4O2/c1-26-17-7-5-6-16(14-17)20(25)23-12-9-15(10-13-23)19-22-21-18-8-3-2-4-11-24(18)19/h5-7,14-15H,2-4,8-13H2,1H3. The Morgan fingerprint density at radius 1 is 1.12 bits per heavy atom. The molecule has 6 heteroatoms. The summed E-state index contributed by atoms with van der Waals surface area (Å²) >= 11 is 0. The molecule has 0 saturated carbocycles. The number of piperidine rings is 1. The topological polar surface area (TPSA) is 60.2 Å². The normalized spacial score (nSPS) is 18.3. The Hall–Kier alpha value is -2.37. The van der Waals surface area contributed by atoms with E-state index in [1.165, 1.54) is 19.3 Å². The van der Waals surface area contributed by atoms with E-state index in [1.807, 2.05) is 29.2 Å². The van der Waals surface area contributed by atoms with E-state index in [-0.39, 0.29) is 5.91 Å². The molecule has 2 aliphatic heterocycles. The summed E-state index contributed by atoms with van der Waals surface area (Å²) in [6.07, 6.45) is 6.65. The molecule has 1 amide bonds. The fourth-order valence-electron chi connectivity index (χ4n) is 4.09. The molecule has 0 unspecified atom stereocenters. The number of amides is 1. The van der Waals surface area contributed by atoms with Crippen LogP contribution in [0.4, 0.5) is 0 Å². The molecule has 0 N–H and O–H groups in total. The molecule has 1 aromatic carbocycles. The lowest BCUT2D eigenvalue weighted by Gasteiger charge is -2.32. The molecule has 2 aliphatic rings. The van der Waals surface area contributed by atoms with Gasteiger partial charge in [0.05, 0.1) is 7.11 Å². The highest BCUT2D eigenvalue weighted by atomic mass is 16.5. The summed E-state index contributed by atoms with van der Waals surface area (Å²) in [6, 6.07) is 7.40. The van der Waals surface area contributed by atoms with Gasteiger partial charge >= 0.3 is 0 Å². The van der Waals surface area contributed by atoms with Crippen molar-refractivity contribution in [1.82, 2.24) is 19.7 Å². The Balaban J connectivity index is 1.43. The minimum atomic E-state index is 0.0856. The van der Waals surface area contributed by atoms with Gasteiger partial charge in [-0.15, -0.1) is 10.2 Å². The van der Waals surface area contributed by atoms with E-state index in [4.69, 9.17) is 4.74 Å². The number of carbonyl (C=O) groups excluding carboxylic acids is 1. The lowest BCUT2D eigenvalue weighted by atomic mass is 9.95. The number of aryl methyl sites for hydroxylation is 1. The zero-order valence-electron chi connectivity index (χ0n) is 15.4. The quantitative estimate of drug-likeness (QED) is 0.850. The van der Waals surface area contributed by atoms with Gasteiger partial charge in [0, 0.05) is 37.5 Å². The number of benzene rings is 1. The van der Waals surface area contributed by atoms with Crippen LogP contribution in [0.15, 0.2) is 24.3 Å². The zero-order chi connectivity index (χ0) is 17.9. The molecule has 0 atom stereocenters. The summed E-state index contributed by atoms with van der Waals surface area (Å²) in [5.74, 6) is 3.49. The number of aromatic nitrogens is 3. The molecular weight excluding hydrogens is 328 g/mol. The first-order valence-electron chi connectivity index (χ1n) is 9.61. The highest BCUT2D eigenvalue weighted by Crippen LogP contribution is 2.29. The van der Waals surface area contributed by atoms with E-state index < -0.39 is 0 Å². The van der Waals surface area contributed by atoms with Crippen molar-refractivity contribution in [3.8, 4) is 5.75 Å². The second-order valence-corrected chi connectivity index (χ2v) is 7.24. The van der Waals surface area contributed by atoms with Gasteiger partial charge in [0.25, 0.3) is 5.91 Å². The molecule has 0 bridgehead atoms. The summed E-state index contributed by atoms with van der Waals surface area (Å²) in [5, 5.41) is 8.94. The van der Waals surface area contributed by atoms with E-state index in [1.54, 1.807) is 7.11 Å². The van der Waals surface area contributed by atoms with Gasteiger partial charge in [0.2, 0.25) is 0 Å². The SMILES string of the molecule is COc1cccc(C(=O)N2CCC(c3nnc4n3CCCCC4)CC2)c1. The lowest BCUT2D eigenvalue weighted by molar-refractivity contribution is 0.0710. The molecule has 4 rings (SSSR count). The highest BCUT2D eigenvalue weighted by molar-refractivity contribution is 5.94. The number of methoxy groups -OCH3 is 1. The van der Waals surface area contributed by atoms with Crippen LogP contribution in [0.5, 0.6) is 5.75 Å². The van der Waals surface area contributed by atoms with Gasteiger partial charge < -0.3 is 14.2 Å². The maximum absolute atomic E-state index is 12.8. The molecule has 1 fully saturated rings. The number of carbonyl (C=O) groups is 1. The van der Waals surface area contributed by atoms with Gasteiger partial charge in [0.15, 0.2) is 0 Å². The summed E-state index contributed by atoms with van der Waals surface area (Å²) in [6.45, 7) is 2.58. The van der Waals surface area contributed by atoms with Crippen molar-refractivity contribution in [1.29, 1.82) is 0 Å². The smallest absolute Gasteiger partial charge is 0.253 e. The Labute approximate surface area is 154 Å². The van der Waals surface area contributed by atoms with Crippen molar-refractivity contribution in [2.75, 3.05) is 20.2 Å². The van der Waals surface area contributed by atoms with Gasteiger partial charge in [-0.1, -0.05) is 12.5 Å². The zero-order valence-corrected chi connectivity index (χ0v) is 15.4. The maximum Gasteiger partial charge on any atom is 0.253 e. The molecule has 26 heavy (non-hydrogen) atoms. The van der Waals surface area contributed by atoms with Crippen LogP contribution < -0.4 is 4.74 Å². The van der Waals surface area contributed by atoms with Gasteiger partial charge in [-0.25, -0.2) is 0 Å². The number of hydrogen-bond donors (Lipinski definition) is 0. The first-order chi connectivity index (χ1) is 12.8. The Kier molecular flexibility index (Phi) is 4.91. The van der Waals surface area contributed by atoms with E-state index >= 15 is 0 Å². The molecule has 0 radical (unpaired) electrons. The van der Waals surface area contributed by atoms with Gasteiger partial charge in [0.1, 0.15) is 17.4 Å². The fourth-order valence-corrected chi connectivity index (χ4v) is 4.09. The molecule has 3 heterocycles. The van der Waals surface area contributed by atoms with E-state index in [9.17, 15) is 4.79 Å². The van der Waals surface area contributed by atoms with Crippen LogP contribution in [0.3, 0.4) is 0 Å². The largest absolute Gasteiger partial charge is 0.497 e. The summed E-state index contributed by atoms with van der Waals surface area (Å²) in [5.41, 5.74) is 0.694. The minimum absolute atomic E-state index is 0.0856. The predicted octanol–water partition coefficient (Wildman–Crippen LogP) is 3.03. The summed E-state index contributed by atoms with van der Waals surface area (Å²) < 4.78 is 7.58. The van der Waals surface area contributed by atoms with Crippen molar-refractivity contribution in [2.45, 2.75) is 51.0 Å². The summed E-state index contributed by atoms with van der Waals surface area (Å²) in [4.78, 5) is 14.7. The number of rotatable bonds is 3. The van der Waals surface area contributed by atoms with Gasteiger partial charge in [-0.2, -0.15) is 0 Å². The van der Waals surface area contributed by atoms with Crippen molar-refractivity contribution in [3.63, 3.8) is 0 Å². The lowest BCUT2D eigenvalue weighted by Crippen LogP contribution is -2.38. The molecule has 6 nitrogen and oxygen atoms in total. The monoisotopic (exact) mass is 354 g/mol. The number of hydrogen-bond acceptors (Lipinski definition) is 4. The van der Waals surface area contributed by atoms with Gasteiger partial charge in [-0.05, 0) is 43.9 Å². The van der Waals surface area contributed by atoms with Crippen molar-refractivity contribution in [3.05, 3.63) is 41.5 Å². The van der Waals surface area contributed by atoms with E-state index in [0.29, 0.717) is 11.5 Å². The number of nitrogens with zero attached hydrogens (tertiary/aromatic N) is 4. The second kappa shape index (κ2) is 7.48. The number of ether oxygens (including phenoxy) is 1. The Morgan fingerprint density at radius 3 is 2.77 bits per heavy atom. The molecule has 1 aromatic heterocycles. The van der Waals surface area contributed by atoms with Crippen molar-refractivity contribution in [2.24, 2.45) is 0 Å².